The summed E-state index contributed by atoms with van der Waals surface area (Å²) < 4.78 is 11.1. The van der Waals surface area contributed by atoms with Crippen LogP contribution in [0.15, 0.2) is 0 Å². The number of nitrogens with zero attached hydrogens (tertiary/aromatic N) is 1. The minimum absolute atomic E-state index is 0.126. The smallest absolute Gasteiger partial charge is 0.170 e. The third kappa shape index (κ3) is 7.71. The molecule has 0 amide bonds. The van der Waals surface area contributed by atoms with E-state index in [0.29, 0.717) is 19.8 Å². The highest BCUT2D eigenvalue weighted by Crippen LogP contribution is 2.15. The normalized spacial score (nSPS) is 12.7. The molecule has 0 heterocycles. The number of hydrogen-bond acceptors (Lipinski definition) is 4. The van der Waals surface area contributed by atoms with Gasteiger partial charge in [-0.25, -0.2) is 0 Å². The maximum absolute atomic E-state index is 5.77. The minimum Gasteiger partial charge on any atom is -0.352 e. The largest absolute Gasteiger partial charge is 0.352 e. The van der Waals surface area contributed by atoms with Gasteiger partial charge in [0.15, 0.2) is 6.29 Å². The van der Waals surface area contributed by atoms with Gasteiger partial charge in [0.1, 0.15) is 0 Å². The van der Waals surface area contributed by atoms with E-state index in [1.54, 1.807) is 0 Å². The summed E-state index contributed by atoms with van der Waals surface area (Å²) in [6.45, 7) is 15.3. The van der Waals surface area contributed by atoms with Crippen LogP contribution in [0, 0.1) is 5.41 Å². The lowest BCUT2D eigenvalue weighted by Gasteiger charge is -2.33. The summed E-state index contributed by atoms with van der Waals surface area (Å²) in [5, 5.41) is 0. The first-order valence-electron chi connectivity index (χ1n) is 6.64. The van der Waals surface area contributed by atoms with Gasteiger partial charge < -0.3 is 15.2 Å². The molecule has 0 radical (unpaired) electrons. The fraction of sp³-hybridized carbons (Fsp3) is 1.00. The van der Waals surface area contributed by atoms with Gasteiger partial charge in [-0.3, -0.25) is 4.90 Å². The van der Waals surface area contributed by atoms with Crippen molar-refractivity contribution in [2.75, 3.05) is 39.4 Å². The molecule has 0 atom stereocenters. The van der Waals surface area contributed by atoms with Crippen molar-refractivity contribution in [1.82, 2.24) is 4.90 Å². The Morgan fingerprint density at radius 1 is 1.12 bits per heavy atom. The van der Waals surface area contributed by atoms with E-state index in [4.69, 9.17) is 15.2 Å². The summed E-state index contributed by atoms with van der Waals surface area (Å²) in [4.78, 5) is 2.34. The van der Waals surface area contributed by atoms with Crippen molar-refractivity contribution in [3.05, 3.63) is 0 Å². The lowest BCUT2D eigenvalue weighted by atomic mass is 9.93. The highest BCUT2D eigenvalue weighted by atomic mass is 16.7. The van der Waals surface area contributed by atoms with Gasteiger partial charge in [0.2, 0.25) is 0 Å². The summed E-state index contributed by atoms with van der Waals surface area (Å²) in [6.07, 6.45) is -0.126. The van der Waals surface area contributed by atoms with E-state index in [1.165, 1.54) is 0 Å². The predicted octanol–water partition coefficient (Wildman–Crippen LogP) is 1.69. The Morgan fingerprint density at radius 3 is 2.00 bits per heavy atom. The molecule has 2 N–H and O–H groups in total. The number of likely N-dealkylation sites (N-methyl/N-ethyl adjacent to an activating group) is 1. The van der Waals surface area contributed by atoms with E-state index in [-0.39, 0.29) is 11.7 Å². The third-order valence-electron chi connectivity index (χ3n) is 2.76. The molecule has 0 saturated carbocycles. The van der Waals surface area contributed by atoms with Crippen molar-refractivity contribution in [3.8, 4) is 0 Å². The second kappa shape index (κ2) is 8.86. The predicted molar refractivity (Wildman–Crippen MR) is 72.0 cm³/mol. The molecule has 0 fully saturated rings. The third-order valence-corrected chi connectivity index (χ3v) is 2.76. The molecule has 17 heavy (non-hydrogen) atoms. The number of ether oxygens (including phenoxy) is 2. The minimum atomic E-state index is -0.126. The van der Waals surface area contributed by atoms with Crippen molar-refractivity contribution >= 4 is 0 Å². The van der Waals surface area contributed by atoms with Gasteiger partial charge in [-0.1, -0.05) is 20.8 Å². The van der Waals surface area contributed by atoms with Crippen LogP contribution in [-0.4, -0.2) is 50.6 Å². The van der Waals surface area contributed by atoms with Crippen LogP contribution in [0.2, 0.25) is 0 Å². The molecule has 0 spiro atoms. The van der Waals surface area contributed by atoms with Crippen LogP contribution in [0.25, 0.3) is 0 Å². The number of rotatable bonds is 10. The Balaban J connectivity index is 4.24. The quantitative estimate of drug-likeness (QED) is 0.596. The van der Waals surface area contributed by atoms with Gasteiger partial charge in [-0.2, -0.15) is 0 Å². The molecule has 0 rings (SSSR count). The Morgan fingerprint density at radius 2 is 1.65 bits per heavy atom. The van der Waals surface area contributed by atoms with Crippen LogP contribution in [0.3, 0.4) is 0 Å². The Bertz CT molecular complexity index is 180. The molecule has 4 heteroatoms. The van der Waals surface area contributed by atoms with Gasteiger partial charge >= 0.3 is 0 Å². The summed E-state index contributed by atoms with van der Waals surface area (Å²) in [5.41, 5.74) is 5.91. The van der Waals surface area contributed by atoms with E-state index >= 15 is 0 Å². The standard InChI is InChI=1S/C13H30N2O2/c1-6-15(11-13(4,5)10-14)9-12(16-7-2)17-8-3/h12H,6-11,14H2,1-5H3. The van der Waals surface area contributed by atoms with Crippen molar-refractivity contribution in [1.29, 1.82) is 0 Å². The van der Waals surface area contributed by atoms with Crippen LogP contribution < -0.4 is 5.73 Å². The maximum Gasteiger partial charge on any atom is 0.170 e. The highest BCUT2D eigenvalue weighted by molar-refractivity contribution is 4.74. The van der Waals surface area contributed by atoms with Crippen molar-refractivity contribution in [3.63, 3.8) is 0 Å². The van der Waals surface area contributed by atoms with Crippen LogP contribution in [-0.2, 0) is 9.47 Å². The van der Waals surface area contributed by atoms with E-state index in [2.05, 4.69) is 25.7 Å². The molecule has 0 aromatic rings. The van der Waals surface area contributed by atoms with E-state index < -0.39 is 0 Å². The summed E-state index contributed by atoms with van der Waals surface area (Å²) in [6, 6.07) is 0. The monoisotopic (exact) mass is 246 g/mol. The summed E-state index contributed by atoms with van der Waals surface area (Å²) >= 11 is 0. The lowest BCUT2D eigenvalue weighted by molar-refractivity contribution is -0.148. The fourth-order valence-corrected chi connectivity index (χ4v) is 1.71. The van der Waals surface area contributed by atoms with Gasteiger partial charge in [-0.15, -0.1) is 0 Å². The van der Waals surface area contributed by atoms with Gasteiger partial charge in [-0.05, 0) is 32.4 Å². The Hall–Kier alpha value is -0.160. The van der Waals surface area contributed by atoms with Crippen LogP contribution in [0.1, 0.15) is 34.6 Å². The van der Waals surface area contributed by atoms with E-state index in [9.17, 15) is 0 Å². The first-order valence-corrected chi connectivity index (χ1v) is 6.64. The Labute approximate surface area is 106 Å². The molecule has 0 aromatic carbocycles. The molecule has 0 aliphatic rings. The summed E-state index contributed by atoms with van der Waals surface area (Å²) in [5.74, 6) is 0. The topological polar surface area (TPSA) is 47.7 Å². The first kappa shape index (κ1) is 16.8. The average molecular weight is 246 g/mol. The molecule has 0 bridgehead atoms. The fourth-order valence-electron chi connectivity index (χ4n) is 1.71. The molecule has 0 aliphatic heterocycles. The second-order valence-electron chi connectivity index (χ2n) is 5.04. The zero-order chi connectivity index (χ0) is 13.3. The highest BCUT2D eigenvalue weighted by Gasteiger charge is 2.21. The van der Waals surface area contributed by atoms with Crippen molar-refractivity contribution < 1.29 is 9.47 Å². The molecular formula is C13H30N2O2. The molecule has 0 saturated heterocycles. The van der Waals surface area contributed by atoms with Crippen LogP contribution in [0.5, 0.6) is 0 Å². The average Bonchev–Trinajstić information content (AvgIpc) is 2.28. The molecule has 0 aliphatic carbocycles. The zero-order valence-electron chi connectivity index (χ0n) is 12.2. The summed E-state index contributed by atoms with van der Waals surface area (Å²) in [7, 11) is 0. The van der Waals surface area contributed by atoms with Gasteiger partial charge in [0.25, 0.3) is 0 Å². The molecular weight excluding hydrogens is 216 g/mol. The van der Waals surface area contributed by atoms with Crippen molar-refractivity contribution in [2.24, 2.45) is 11.1 Å². The van der Waals surface area contributed by atoms with Crippen LogP contribution in [0.4, 0.5) is 0 Å². The van der Waals surface area contributed by atoms with Crippen LogP contribution >= 0.6 is 0 Å². The molecule has 0 aromatic heterocycles. The second-order valence-corrected chi connectivity index (χ2v) is 5.04. The van der Waals surface area contributed by atoms with E-state index in [1.807, 2.05) is 13.8 Å². The molecule has 0 unspecified atom stereocenters. The first-order chi connectivity index (χ1) is 7.99. The lowest BCUT2D eigenvalue weighted by Crippen LogP contribution is -2.43. The molecule has 4 nitrogen and oxygen atoms in total. The maximum atomic E-state index is 5.77. The van der Waals surface area contributed by atoms with Gasteiger partial charge in [0, 0.05) is 26.3 Å². The molecule has 104 valence electrons. The SMILES string of the molecule is CCOC(CN(CC)CC(C)(C)CN)OCC. The zero-order valence-corrected chi connectivity index (χ0v) is 12.2. The number of hydrogen-bond donors (Lipinski definition) is 1. The van der Waals surface area contributed by atoms with Crippen molar-refractivity contribution in [2.45, 2.75) is 40.9 Å². The van der Waals surface area contributed by atoms with E-state index in [0.717, 1.165) is 19.6 Å². The number of nitrogens with two attached hydrogens (primary N) is 1. The van der Waals surface area contributed by atoms with Gasteiger partial charge in [0.05, 0.1) is 0 Å². The Kier molecular flexibility index (Phi) is 8.78.